The third kappa shape index (κ3) is 6.08. The van der Waals surface area contributed by atoms with E-state index in [1.807, 2.05) is 57.2 Å². The Kier molecular flexibility index (Phi) is 6.11. The quantitative estimate of drug-likeness (QED) is 0.812. The van der Waals surface area contributed by atoms with Crippen LogP contribution in [0.5, 0.6) is 0 Å². The summed E-state index contributed by atoms with van der Waals surface area (Å²) in [5.74, 6) is 0.212. The molecule has 0 aromatic heterocycles. The van der Waals surface area contributed by atoms with Gasteiger partial charge in [0.05, 0.1) is 11.4 Å². The number of nitrogens with zero attached hydrogens (tertiary/aromatic N) is 1. The number of benzene rings is 1. The predicted octanol–water partition coefficient (Wildman–Crippen LogP) is 3.15. The monoisotopic (exact) mass is 366 g/mol. The third-order valence-corrected chi connectivity index (χ3v) is 5.42. The molecule has 138 valence electrons. The average molecular weight is 366 g/mol. The number of nitrogens with one attached hydrogen (secondary N) is 1. The number of hydrogen-bond acceptors (Lipinski definition) is 4. The molecule has 25 heavy (non-hydrogen) atoms. The molecule has 0 radical (unpaired) electrons. The Hall–Kier alpha value is -2.02. The first-order chi connectivity index (χ1) is 11.7. The van der Waals surface area contributed by atoms with Crippen LogP contribution in [0.2, 0.25) is 0 Å². The second-order valence-corrected chi connectivity index (χ2v) is 8.97. The number of carbonyl (C=O) groups excluding carboxylic acids is 1. The lowest BCUT2D eigenvalue weighted by molar-refractivity contribution is 0.0529. The van der Waals surface area contributed by atoms with Gasteiger partial charge in [0.15, 0.2) is 0 Å². The Morgan fingerprint density at radius 3 is 2.76 bits per heavy atom. The smallest absolute Gasteiger partial charge is 0.407 e. The van der Waals surface area contributed by atoms with Crippen molar-refractivity contribution in [3.63, 3.8) is 0 Å². The lowest BCUT2D eigenvalue weighted by atomic mass is 10.1. The molecule has 0 unspecified atom stereocenters. The van der Waals surface area contributed by atoms with Crippen molar-refractivity contribution < 1.29 is 17.9 Å². The molecular weight excluding hydrogens is 340 g/mol. The summed E-state index contributed by atoms with van der Waals surface area (Å²) >= 11 is 0. The summed E-state index contributed by atoms with van der Waals surface area (Å²) in [7, 11) is -3.16. The van der Waals surface area contributed by atoms with Crippen LogP contribution in [0.3, 0.4) is 0 Å². The van der Waals surface area contributed by atoms with Crippen LogP contribution >= 0.6 is 0 Å². The summed E-state index contributed by atoms with van der Waals surface area (Å²) in [4.78, 5) is 11.5. The minimum Gasteiger partial charge on any atom is -0.444 e. The second-order valence-electron chi connectivity index (χ2n) is 6.96. The van der Waals surface area contributed by atoms with E-state index in [2.05, 4.69) is 5.32 Å². The highest BCUT2D eigenvalue weighted by atomic mass is 32.2. The number of rotatable bonds is 5. The molecule has 1 heterocycles. The average Bonchev–Trinajstić information content (AvgIpc) is 2.85. The van der Waals surface area contributed by atoms with Crippen LogP contribution < -0.4 is 9.62 Å². The maximum absolute atomic E-state index is 12.0. The number of ether oxygens (including phenoxy) is 1. The highest BCUT2D eigenvalue weighted by Gasteiger charge is 2.28. The van der Waals surface area contributed by atoms with Crippen molar-refractivity contribution >= 4 is 27.9 Å². The van der Waals surface area contributed by atoms with E-state index >= 15 is 0 Å². The molecule has 0 bridgehead atoms. The molecule has 1 aliphatic heterocycles. The van der Waals surface area contributed by atoms with Gasteiger partial charge in [-0.25, -0.2) is 13.2 Å². The van der Waals surface area contributed by atoms with E-state index in [0.29, 0.717) is 31.6 Å². The standard InChI is InChI=1S/C18H26N2O4S/c1-18(2,3)24-17(21)19-11-5-4-8-15-9-6-10-16(14-15)20-12-7-13-25(20,22)23/h4,6,8-10,14H,5,7,11-13H2,1-3H3,(H,19,21). The van der Waals surface area contributed by atoms with E-state index in [1.54, 1.807) is 0 Å². The summed E-state index contributed by atoms with van der Waals surface area (Å²) in [5.41, 5.74) is 1.12. The summed E-state index contributed by atoms with van der Waals surface area (Å²) in [6.07, 6.45) is 4.75. The summed E-state index contributed by atoms with van der Waals surface area (Å²) in [5, 5.41) is 2.69. The lowest BCUT2D eigenvalue weighted by Gasteiger charge is -2.19. The first-order valence-electron chi connectivity index (χ1n) is 8.41. The Morgan fingerprint density at radius 1 is 1.36 bits per heavy atom. The molecule has 0 atom stereocenters. The normalized spacial score (nSPS) is 17.0. The maximum Gasteiger partial charge on any atom is 0.407 e. The molecule has 1 aromatic rings. The predicted molar refractivity (Wildman–Crippen MR) is 100 cm³/mol. The highest BCUT2D eigenvalue weighted by molar-refractivity contribution is 7.93. The molecule has 1 aromatic carbocycles. The van der Waals surface area contributed by atoms with Gasteiger partial charge in [-0.05, 0) is 51.3 Å². The largest absolute Gasteiger partial charge is 0.444 e. The van der Waals surface area contributed by atoms with Gasteiger partial charge in [0.1, 0.15) is 5.60 Å². The van der Waals surface area contributed by atoms with Gasteiger partial charge in [0.2, 0.25) is 10.0 Å². The van der Waals surface area contributed by atoms with E-state index in [9.17, 15) is 13.2 Å². The van der Waals surface area contributed by atoms with Gasteiger partial charge >= 0.3 is 6.09 Å². The van der Waals surface area contributed by atoms with E-state index in [4.69, 9.17) is 4.74 Å². The summed E-state index contributed by atoms with van der Waals surface area (Å²) in [6, 6.07) is 7.44. The van der Waals surface area contributed by atoms with Gasteiger partial charge in [-0.2, -0.15) is 0 Å². The Bertz CT molecular complexity index is 736. The van der Waals surface area contributed by atoms with Gasteiger partial charge in [0, 0.05) is 13.1 Å². The number of alkyl carbamates (subject to hydrolysis) is 1. The van der Waals surface area contributed by atoms with Gasteiger partial charge in [0.25, 0.3) is 0 Å². The molecule has 1 fully saturated rings. The molecule has 1 aliphatic rings. The van der Waals surface area contributed by atoms with E-state index in [1.165, 1.54) is 4.31 Å². The second kappa shape index (κ2) is 7.91. The zero-order valence-corrected chi connectivity index (χ0v) is 15.8. The Balaban J connectivity index is 1.86. The lowest BCUT2D eigenvalue weighted by Crippen LogP contribution is -2.32. The maximum atomic E-state index is 12.0. The number of amides is 1. The Labute approximate surface area is 149 Å². The molecular formula is C18H26N2O4S. The first kappa shape index (κ1) is 19.3. The van der Waals surface area contributed by atoms with Gasteiger partial charge < -0.3 is 10.1 Å². The highest BCUT2D eigenvalue weighted by Crippen LogP contribution is 2.25. The van der Waals surface area contributed by atoms with Crippen molar-refractivity contribution in [2.75, 3.05) is 23.1 Å². The SMILES string of the molecule is CC(C)(C)OC(=O)NCCC=Cc1cccc(N2CCCS2(=O)=O)c1. The van der Waals surface area contributed by atoms with E-state index in [-0.39, 0.29) is 5.75 Å². The fourth-order valence-electron chi connectivity index (χ4n) is 2.50. The zero-order valence-electron chi connectivity index (χ0n) is 15.0. The van der Waals surface area contributed by atoms with E-state index in [0.717, 1.165) is 5.56 Å². The third-order valence-electron chi connectivity index (χ3n) is 3.55. The number of anilines is 1. The molecule has 6 nitrogen and oxygen atoms in total. The number of carbonyl (C=O) groups is 1. The molecule has 2 rings (SSSR count). The van der Waals surface area contributed by atoms with Crippen LogP contribution in [0.15, 0.2) is 30.3 Å². The Morgan fingerprint density at radius 2 is 2.12 bits per heavy atom. The van der Waals surface area contributed by atoms with Crippen LogP contribution in [0.1, 0.15) is 39.2 Å². The zero-order chi connectivity index (χ0) is 18.5. The fourth-order valence-corrected chi connectivity index (χ4v) is 4.06. The fraction of sp³-hybridized carbons (Fsp3) is 0.500. The molecule has 0 aliphatic carbocycles. The van der Waals surface area contributed by atoms with E-state index < -0.39 is 21.7 Å². The minimum absolute atomic E-state index is 0.212. The summed E-state index contributed by atoms with van der Waals surface area (Å²) in [6.45, 7) is 6.47. The molecule has 0 saturated carbocycles. The summed E-state index contributed by atoms with van der Waals surface area (Å²) < 4.78 is 30.6. The molecule has 1 saturated heterocycles. The van der Waals surface area contributed by atoms with Crippen molar-refractivity contribution in [3.05, 3.63) is 35.9 Å². The van der Waals surface area contributed by atoms with Crippen LogP contribution in [0.4, 0.5) is 10.5 Å². The van der Waals surface area contributed by atoms with Crippen LogP contribution in [-0.2, 0) is 14.8 Å². The molecule has 1 N–H and O–H groups in total. The van der Waals surface area contributed by atoms with Crippen LogP contribution in [0.25, 0.3) is 6.08 Å². The van der Waals surface area contributed by atoms with Crippen molar-refractivity contribution in [1.29, 1.82) is 0 Å². The first-order valence-corrected chi connectivity index (χ1v) is 10.0. The topological polar surface area (TPSA) is 75.7 Å². The minimum atomic E-state index is -3.16. The number of sulfonamides is 1. The van der Waals surface area contributed by atoms with Gasteiger partial charge in [-0.15, -0.1) is 0 Å². The van der Waals surface area contributed by atoms with Gasteiger partial charge in [-0.1, -0.05) is 24.3 Å². The van der Waals surface area contributed by atoms with Crippen molar-refractivity contribution in [2.45, 2.75) is 39.2 Å². The van der Waals surface area contributed by atoms with Crippen molar-refractivity contribution in [3.8, 4) is 0 Å². The molecule has 7 heteroatoms. The van der Waals surface area contributed by atoms with Crippen molar-refractivity contribution in [2.24, 2.45) is 0 Å². The van der Waals surface area contributed by atoms with Crippen LogP contribution in [-0.4, -0.2) is 39.0 Å². The van der Waals surface area contributed by atoms with Crippen LogP contribution in [0, 0.1) is 0 Å². The van der Waals surface area contributed by atoms with Crippen molar-refractivity contribution in [1.82, 2.24) is 5.32 Å². The van der Waals surface area contributed by atoms with Gasteiger partial charge in [-0.3, -0.25) is 4.31 Å². The molecule has 0 spiro atoms. The molecule has 1 amide bonds. The number of hydrogen-bond donors (Lipinski definition) is 1.